The third-order valence-corrected chi connectivity index (χ3v) is 3.65. The Morgan fingerprint density at radius 2 is 2.00 bits per heavy atom. The summed E-state index contributed by atoms with van der Waals surface area (Å²) in [5, 5.41) is 4.22. The molecular weight excluding hydrogens is 300 g/mol. The van der Waals surface area contributed by atoms with Crippen molar-refractivity contribution in [1.82, 2.24) is 5.16 Å². The minimum Gasteiger partial charge on any atom is -0.487 e. The van der Waals surface area contributed by atoms with E-state index in [-0.39, 0.29) is 5.88 Å². The lowest BCUT2D eigenvalue weighted by Gasteiger charge is -2.12. The number of ether oxygens (including phenoxy) is 1. The largest absolute Gasteiger partial charge is 0.487 e. The number of aryl methyl sites for hydroxylation is 1. The molecule has 0 amide bonds. The Kier molecular flexibility index (Phi) is 4.02. The summed E-state index contributed by atoms with van der Waals surface area (Å²) in [5.41, 5.74) is 9.34. The Morgan fingerprint density at radius 3 is 2.64 bits per heavy atom. The maximum Gasteiger partial charge on any atom is 0.229 e. The summed E-state index contributed by atoms with van der Waals surface area (Å²) in [4.78, 5) is 0. The van der Waals surface area contributed by atoms with E-state index in [9.17, 15) is 0 Å². The number of hydrogen-bond donors (Lipinski definition) is 1. The molecule has 1 aromatic heterocycles. The molecular formula is C17H15ClN2O2. The second-order valence-electron chi connectivity index (χ2n) is 4.98. The highest BCUT2D eigenvalue weighted by Crippen LogP contribution is 2.36. The number of rotatable bonds is 4. The second kappa shape index (κ2) is 6.12. The number of halogens is 1. The van der Waals surface area contributed by atoms with E-state index in [0.717, 1.165) is 22.3 Å². The standard InChI is InChI=1S/C17H15ClN2O2/c1-11-7-13(14-9-20-22-17(14)19)8-15(18)16(11)21-10-12-5-3-2-4-6-12/h2-9H,10,19H2,1H3. The Bertz CT molecular complexity index is 761. The van der Waals surface area contributed by atoms with Crippen LogP contribution in [0.15, 0.2) is 53.2 Å². The van der Waals surface area contributed by atoms with Gasteiger partial charge in [0.05, 0.1) is 16.8 Å². The lowest BCUT2D eigenvalue weighted by molar-refractivity contribution is 0.304. The maximum atomic E-state index is 6.35. The average Bonchev–Trinajstić information content (AvgIpc) is 2.93. The van der Waals surface area contributed by atoms with Crippen molar-refractivity contribution in [2.45, 2.75) is 13.5 Å². The van der Waals surface area contributed by atoms with Gasteiger partial charge in [0.2, 0.25) is 5.88 Å². The fraction of sp³-hybridized carbons (Fsp3) is 0.118. The molecule has 0 radical (unpaired) electrons. The van der Waals surface area contributed by atoms with E-state index >= 15 is 0 Å². The van der Waals surface area contributed by atoms with Gasteiger partial charge in [-0.15, -0.1) is 0 Å². The Balaban J connectivity index is 1.86. The Morgan fingerprint density at radius 1 is 1.23 bits per heavy atom. The van der Waals surface area contributed by atoms with Crippen LogP contribution in [-0.4, -0.2) is 5.16 Å². The number of nitrogens with zero attached hydrogens (tertiary/aromatic N) is 1. The molecule has 0 aliphatic heterocycles. The molecule has 2 aromatic carbocycles. The predicted octanol–water partition coefficient (Wildman–Crippen LogP) is 4.46. The lowest BCUT2D eigenvalue weighted by atomic mass is 10.1. The van der Waals surface area contributed by atoms with Gasteiger partial charge < -0.3 is 15.0 Å². The molecule has 0 aliphatic rings. The number of nitrogens with two attached hydrogens (primary N) is 1. The summed E-state index contributed by atoms with van der Waals surface area (Å²) < 4.78 is 10.7. The van der Waals surface area contributed by atoms with E-state index < -0.39 is 0 Å². The fourth-order valence-corrected chi connectivity index (χ4v) is 2.59. The third kappa shape index (κ3) is 2.92. The highest BCUT2D eigenvalue weighted by atomic mass is 35.5. The molecule has 112 valence electrons. The van der Waals surface area contributed by atoms with Crippen LogP contribution in [-0.2, 0) is 6.61 Å². The topological polar surface area (TPSA) is 61.3 Å². The van der Waals surface area contributed by atoms with E-state index in [1.807, 2.05) is 43.3 Å². The van der Waals surface area contributed by atoms with E-state index in [1.165, 1.54) is 0 Å². The van der Waals surface area contributed by atoms with E-state index in [1.54, 1.807) is 12.3 Å². The van der Waals surface area contributed by atoms with Crippen LogP contribution in [0.4, 0.5) is 5.88 Å². The minimum atomic E-state index is 0.272. The Labute approximate surface area is 133 Å². The first-order chi connectivity index (χ1) is 10.6. The molecule has 0 bridgehead atoms. The summed E-state index contributed by atoms with van der Waals surface area (Å²) in [6, 6.07) is 13.7. The second-order valence-corrected chi connectivity index (χ2v) is 5.39. The molecule has 2 N–H and O–H groups in total. The molecule has 3 rings (SSSR count). The molecule has 0 unspecified atom stereocenters. The number of benzene rings is 2. The van der Waals surface area contributed by atoms with Crippen LogP contribution >= 0.6 is 11.6 Å². The smallest absolute Gasteiger partial charge is 0.229 e. The summed E-state index contributed by atoms with van der Waals surface area (Å²) >= 11 is 6.35. The van der Waals surface area contributed by atoms with Crippen LogP contribution in [0.25, 0.3) is 11.1 Å². The van der Waals surface area contributed by atoms with E-state index in [0.29, 0.717) is 17.4 Å². The highest BCUT2D eigenvalue weighted by Gasteiger charge is 2.13. The molecule has 0 saturated heterocycles. The van der Waals surface area contributed by atoms with Gasteiger partial charge in [0.25, 0.3) is 0 Å². The van der Waals surface area contributed by atoms with Crippen molar-refractivity contribution in [2.75, 3.05) is 5.73 Å². The first-order valence-electron chi connectivity index (χ1n) is 6.82. The molecule has 3 aromatic rings. The van der Waals surface area contributed by atoms with Gasteiger partial charge in [-0.25, -0.2) is 0 Å². The van der Waals surface area contributed by atoms with Crippen LogP contribution in [0.2, 0.25) is 5.02 Å². The van der Waals surface area contributed by atoms with Crippen molar-refractivity contribution in [3.63, 3.8) is 0 Å². The van der Waals surface area contributed by atoms with Gasteiger partial charge in [0.1, 0.15) is 12.4 Å². The van der Waals surface area contributed by atoms with E-state index in [2.05, 4.69) is 5.16 Å². The van der Waals surface area contributed by atoms with Gasteiger partial charge in [-0.3, -0.25) is 0 Å². The Hall–Kier alpha value is -2.46. The first kappa shape index (κ1) is 14.5. The average molecular weight is 315 g/mol. The minimum absolute atomic E-state index is 0.272. The summed E-state index contributed by atoms with van der Waals surface area (Å²) in [5.74, 6) is 0.942. The van der Waals surface area contributed by atoms with Crippen molar-refractivity contribution in [2.24, 2.45) is 0 Å². The fourth-order valence-electron chi connectivity index (χ4n) is 2.26. The van der Waals surface area contributed by atoms with Crippen LogP contribution < -0.4 is 10.5 Å². The van der Waals surface area contributed by atoms with Crippen molar-refractivity contribution in [3.05, 3.63) is 64.8 Å². The molecule has 0 atom stereocenters. The van der Waals surface area contributed by atoms with Gasteiger partial charge >= 0.3 is 0 Å². The van der Waals surface area contributed by atoms with Crippen molar-refractivity contribution in [3.8, 4) is 16.9 Å². The molecule has 0 fully saturated rings. The third-order valence-electron chi connectivity index (χ3n) is 3.36. The summed E-state index contributed by atoms with van der Waals surface area (Å²) in [6.45, 7) is 2.41. The molecule has 5 heteroatoms. The zero-order chi connectivity index (χ0) is 15.5. The molecule has 0 saturated carbocycles. The van der Waals surface area contributed by atoms with Gasteiger partial charge in [-0.2, -0.15) is 0 Å². The first-order valence-corrected chi connectivity index (χ1v) is 7.20. The molecule has 1 heterocycles. The number of aromatic nitrogens is 1. The zero-order valence-corrected chi connectivity index (χ0v) is 12.8. The quantitative estimate of drug-likeness (QED) is 0.772. The zero-order valence-electron chi connectivity index (χ0n) is 12.0. The van der Waals surface area contributed by atoms with Crippen LogP contribution in [0.1, 0.15) is 11.1 Å². The van der Waals surface area contributed by atoms with Crippen molar-refractivity contribution in [1.29, 1.82) is 0 Å². The highest BCUT2D eigenvalue weighted by molar-refractivity contribution is 6.32. The SMILES string of the molecule is Cc1cc(-c2cnoc2N)cc(Cl)c1OCc1ccccc1. The monoisotopic (exact) mass is 314 g/mol. The lowest BCUT2D eigenvalue weighted by Crippen LogP contribution is -1.98. The molecule has 4 nitrogen and oxygen atoms in total. The van der Waals surface area contributed by atoms with Gasteiger partial charge in [0.15, 0.2) is 0 Å². The van der Waals surface area contributed by atoms with Gasteiger partial charge in [-0.05, 0) is 35.7 Å². The summed E-state index contributed by atoms with van der Waals surface area (Å²) in [6.07, 6.45) is 1.57. The maximum absolute atomic E-state index is 6.35. The van der Waals surface area contributed by atoms with Gasteiger partial charge in [0, 0.05) is 0 Å². The van der Waals surface area contributed by atoms with Crippen molar-refractivity contribution >= 4 is 17.5 Å². The summed E-state index contributed by atoms with van der Waals surface area (Å²) in [7, 11) is 0. The van der Waals surface area contributed by atoms with Crippen molar-refractivity contribution < 1.29 is 9.26 Å². The molecule has 22 heavy (non-hydrogen) atoms. The van der Waals surface area contributed by atoms with E-state index in [4.69, 9.17) is 26.6 Å². The number of anilines is 1. The molecule has 0 spiro atoms. The van der Waals surface area contributed by atoms with Crippen LogP contribution in [0, 0.1) is 6.92 Å². The normalized spacial score (nSPS) is 10.6. The predicted molar refractivity (Wildman–Crippen MR) is 86.9 cm³/mol. The van der Waals surface area contributed by atoms with Crippen LogP contribution in [0.5, 0.6) is 5.75 Å². The molecule has 0 aliphatic carbocycles. The van der Waals surface area contributed by atoms with Gasteiger partial charge in [-0.1, -0.05) is 47.1 Å². The number of hydrogen-bond acceptors (Lipinski definition) is 4. The number of nitrogen functional groups attached to an aromatic ring is 1. The van der Waals surface area contributed by atoms with Crippen LogP contribution in [0.3, 0.4) is 0 Å².